The highest BCUT2D eigenvalue weighted by molar-refractivity contribution is 5.98. The fraction of sp³-hybridized carbons (Fsp3) is 0.368. The zero-order chi connectivity index (χ0) is 17.4. The molecule has 1 atom stereocenters. The number of benzene rings is 1. The highest BCUT2D eigenvalue weighted by Crippen LogP contribution is 2.32. The maximum atomic E-state index is 12.6. The van der Waals surface area contributed by atoms with Gasteiger partial charge in [-0.2, -0.15) is 4.98 Å². The smallest absolute Gasteiger partial charge is 0.252 e. The van der Waals surface area contributed by atoms with Crippen LogP contribution in [-0.4, -0.2) is 32.5 Å². The Morgan fingerprint density at radius 2 is 2.00 bits per heavy atom. The number of methoxy groups -OCH3 is 1. The first-order chi connectivity index (χ1) is 12.2. The number of Topliss-reactive ketones (excluding diaryl/α,β-unsaturated/α-hetero) is 1. The third kappa shape index (κ3) is 2.88. The van der Waals surface area contributed by atoms with Crippen molar-refractivity contribution in [1.82, 2.24) is 19.6 Å². The normalized spacial score (nSPS) is 16.9. The summed E-state index contributed by atoms with van der Waals surface area (Å²) in [4.78, 5) is 21.7. The van der Waals surface area contributed by atoms with E-state index in [0.29, 0.717) is 17.8 Å². The van der Waals surface area contributed by atoms with Gasteiger partial charge >= 0.3 is 0 Å². The standard InChI is InChI=1S/C19H20N4O2/c1-3-4-18-21-19-20-16-9-13(12-5-7-14(25-2)8-6-12)10-17(24)15(16)11-23(19)22-18/h5-8,11,13H,3-4,9-10H2,1-2H3. The maximum Gasteiger partial charge on any atom is 0.252 e. The summed E-state index contributed by atoms with van der Waals surface area (Å²) >= 11 is 0. The molecule has 6 nitrogen and oxygen atoms in total. The zero-order valence-electron chi connectivity index (χ0n) is 14.4. The molecule has 128 valence electrons. The number of aromatic nitrogens is 4. The molecule has 0 spiro atoms. The molecular weight excluding hydrogens is 316 g/mol. The molecule has 2 heterocycles. The predicted molar refractivity (Wildman–Crippen MR) is 93.2 cm³/mol. The fourth-order valence-electron chi connectivity index (χ4n) is 3.37. The van der Waals surface area contributed by atoms with E-state index in [9.17, 15) is 4.79 Å². The second-order valence-corrected chi connectivity index (χ2v) is 6.43. The first kappa shape index (κ1) is 15.7. The molecule has 6 heteroatoms. The SMILES string of the molecule is CCCc1nc2nc3c(cn2n1)C(=O)CC(c1ccc(OC)cc1)C3. The number of hydrogen-bond acceptors (Lipinski definition) is 5. The average Bonchev–Trinajstić information content (AvgIpc) is 3.02. The van der Waals surface area contributed by atoms with Gasteiger partial charge in [-0.3, -0.25) is 4.79 Å². The molecule has 0 bridgehead atoms. The Kier molecular flexibility index (Phi) is 3.95. The summed E-state index contributed by atoms with van der Waals surface area (Å²) in [5.41, 5.74) is 2.62. The largest absolute Gasteiger partial charge is 0.497 e. The third-order valence-electron chi connectivity index (χ3n) is 4.69. The number of carbonyl (C=O) groups excluding carboxylic acids is 1. The molecule has 0 saturated heterocycles. The van der Waals surface area contributed by atoms with E-state index in [-0.39, 0.29) is 11.7 Å². The number of rotatable bonds is 4. The minimum Gasteiger partial charge on any atom is -0.497 e. The van der Waals surface area contributed by atoms with E-state index < -0.39 is 0 Å². The minimum atomic E-state index is 0.115. The van der Waals surface area contributed by atoms with Gasteiger partial charge < -0.3 is 4.74 Å². The monoisotopic (exact) mass is 336 g/mol. The van der Waals surface area contributed by atoms with Crippen LogP contribution in [0.2, 0.25) is 0 Å². The summed E-state index contributed by atoms with van der Waals surface area (Å²) in [6, 6.07) is 7.91. The molecule has 2 aromatic heterocycles. The van der Waals surface area contributed by atoms with Gasteiger partial charge in [-0.1, -0.05) is 19.1 Å². The lowest BCUT2D eigenvalue weighted by atomic mass is 9.82. The maximum absolute atomic E-state index is 12.6. The summed E-state index contributed by atoms with van der Waals surface area (Å²) < 4.78 is 6.84. The van der Waals surface area contributed by atoms with Crippen LogP contribution in [0.4, 0.5) is 0 Å². The Morgan fingerprint density at radius 1 is 1.20 bits per heavy atom. The van der Waals surface area contributed by atoms with E-state index in [2.05, 4.69) is 22.0 Å². The first-order valence-electron chi connectivity index (χ1n) is 8.60. The predicted octanol–water partition coefficient (Wildman–Crippen LogP) is 3.00. The molecule has 1 aliphatic rings. The van der Waals surface area contributed by atoms with Crippen molar-refractivity contribution in [3.8, 4) is 5.75 Å². The Labute approximate surface area is 145 Å². The minimum absolute atomic E-state index is 0.115. The van der Waals surface area contributed by atoms with Gasteiger partial charge in [-0.25, -0.2) is 9.50 Å². The summed E-state index contributed by atoms with van der Waals surface area (Å²) in [5.74, 6) is 2.42. The lowest BCUT2D eigenvalue weighted by Gasteiger charge is -2.23. The Morgan fingerprint density at radius 3 is 2.72 bits per heavy atom. The first-order valence-corrected chi connectivity index (χ1v) is 8.60. The van der Waals surface area contributed by atoms with E-state index >= 15 is 0 Å². The van der Waals surface area contributed by atoms with Gasteiger partial charge in [0.05, 0.1) is 18.4 Å². The second kappa shape index (κ2) is 6.27. The Hall–Kier alpha value is -2.76. The molecule has 0 aliphatic heterocycles. The summed E-state index contributed by atoms with van der Waals surface area (Å²) in [7, 11) is 1.65. The quantitative estimate of drug-likeness (QED) is 0.732. The molecule has 0 saturated carbocycles. The number of ketones is 1. The molecule has 1 unspecified atom stereocenters. The molecule has 4 rings (SSSR count). The van der Waals surface area contributed by atoms with Crippen molar-refractivity contribution in [2.75, 3.05) is 7.11 Å². The van der Waals surface area contributed by atoms with Crippen LogP contribution in [0.1, 0.15) is 53.1 Å². The molecule has 1 aromatic carbocycles. The van der Waals surface area contributed by atoms with Gasteiger partial charge in [0, 0.05) is 19.0 Å². The lowest BCUT2D eigenvalue weighted by Crippen LogP contribution is -2.21. The van der Waals surface area contributed by atoms with Gasteiger partial charge in [0.15, 0.2) is 11.6 Å². The van der Waals surface area contributed by atoms with Crippen molar-refractivity contribution >= 4 is 11.6 Å². The van der Waals surface area contributed by atoms with Crippen LogP contribution in [0.25, 0.3) is 5.78 Å². The molecule has 0 fully saturated rings. The van der Waals surface area contributed by atoms with Crippen molar-refractivity contribution < 1.29 is 9.53 Å². The number of hydrogen-bond donors (Lipinski definition) is 0. The van der Waals surface area contributed by atoms with E-state index in [0.717, 1.165) is 42.1 Å². The number of nitrogens with zero attached hydrogens (tertiary/aromatic N) is 4. The second-order valence-electron chi connectivity index (χ2n) is 6.43. The zero-order valence-corrected chi connectivity index (χ0v) is 14.4. The van der Waals surface area contributed by atoms with Gasteiger partial charge in [-0.15, -0.1) is 5.10 Å². The van der Waals surface area contributed by atoms with Crippen molar-refractivity contribution in [3.05, 3.63) is 53.1 Å². The molecule has 0 amide bonds. The van der Waals surface area contributed by atoms with Crippen molar-refractivity contribution in [2.45, 2.75) is 38.5 Å². The lowest BCUT2D eigenvalue weighted by molar-refractivity contribution is 0.0962. The van der Waals surface area contributed by atoms with Crippen LogP contribution in [-0.2, 0) is 12.8 Å². The van der Waals surface area contributed by atoms with Crippen LogP contribution in [0.5, 0.6) is 5.75 Å². The molecule has 0 N–H and O–H groups in total. The molecule has 3 aromatic rings. The average molecular weight is 336 g/mol. The Bertz CT molecular complexity index is 930. The van der Waals surface area contributed by atoms with E-state index in [1.165, 1.54) is 0 Å². The van der Waals surface area contributed by atoms with Gasteiger partial charge in [0.2, 0.25) is 0 Å². The highest BCUT2D eigenvalue weighted by atomic mass is 16.5. The number of carbonyl (C=O) groups is 1. The van der Waals surface area contributed by atoms with Gasteiger partial charge in [-0.05, 0) is 36.5 Å². The molecule has 1 aliphatic carbocycles. The summed E-state index contributed by atoms with van der Waals surface area (Å²) in [6.07, 6.45) is 4.81. The number of fused-ring (bicyclic) bond motifs is 2. The number of aryl methyl sites for hydroxylation is 1. The van der Waals surface area contributed by atoms with E-state index in [4.69, 9.17) is 4.74 Å². The topological polar surface area (TPSA) is 69.4 Å². The van der Waals surface area contributed by atoms with Crippen LogP contribution >= 0.6 is 0 Å². The van der Waals surface area contributed by atoms with Crippen LogP contribution in [0.15, 0.2) is 30.5 Å². The van der Waals surface area contributed by atoms with Crippen molar-refractivity contribution in [2.24, 2.45) is 0 Å². The molecule has 0 radical (unpaired) electrons. The van der Waals surface area contributed by atoms with Crippen molar-refractivity contribution in [3.63, 3.8) is 0 Å². The van der Waals surface area contributed by atoms with Crippen LogP contribution < -0.4 is 4.74 Å². The van der Waals surface area contributed by atoms with E-state index in [1.807, 2.05) is 24.3 Å². The molecule has 25 heavy (non-hydrogen) atoms. The summed E-state index contributed by atoms with van der Waals surface area (Å²) in [6.45, 7) is 2.09. The van der Waals surface area contributed by atoms with E-state index in [1.54, 1.807) is 17.8 Å². The van der Waals surface area contributed by atoms with Crippen LogP contribution in [0.3, 0.4) is 0 Å². The number of ether oxygens (including phenoxy) is 1. The highest BCUT2D eigenvalue weighted by Gasteiger charge is 2.28. The Balaban J connectivity index is 1.68. The fourth-order valence-corrected chi connectivity index (χ4v) is 3.37. The van der Waals surface area contributed by atoms with Crippen molar-refractivity contribution in [1.29, 1.82) is 0 Å². The summed E-state index contributed by atoms with van der Waals surface area (Å²) in [5, 5.41) is 4.42. The third-order valence-corrected chi connectivity index (χ3v) is 4.69. The van der Waals surface area contributed by atoms with Gasteiger partial charge in [0.25, 0.3) is 5.78 Å². The van der Waals surface area contributed by atoms with Crippen LogP contribution in [0, 0.1) is 0 Å². The molecular formula is C19H20N4O2. The van der Waals surface area contributed by atoms with Gasteiger partial charge in [0.1, 0.15) is 5.75 Å².